The Kier molecular flexibility index (Phi) is 7.74. The van der Waals surface area contributed by atoms with E-state index in [0.29, 0.717) is 6.10 Å². The van der Waals surface area contributed by atoms with E-state index in [1.54, 1.807) is 0 Å². The van der Waals surface area contributed by atoms with Crippen molar-refractivity contribution in [1.29, 1.82) is 0 Å². The van der Waals surface area contributed by atoms with Crippen LogP contribution in [0.15, 0.2) is 0 Å². The van der Waals surface area contributed by atoms with E-state index in [9.17, 15) is 0 Å². The van der Waals surface area contributed by atoms with Crippen LogP contribution in [0.1, 0.15) is 91.9 Å². The summed E-state index contributed by atoms with van der Waals surface area (Å²) in [5.41, 5.74) is 0. The molecule has 0 aromatic rings. The van der Waals surface area contributed by atoms with Gasteiger partial charge in [0.25, 0.3) is 0 Å². The molecule has 0 spiro atoms. The minimum absolute atomic E-state index is 0.458. The van der Waals surface area contributed by atoms with Gasteiger partial charge in [0.15, 0.2) is 0 Å². The van der Waals surface area contributed by atoms with Crippen LogP contribution in [0.3, 0.4) is 0 Å². The lowest BCUT2D eigenvalue weighted by atomic mass is 9.69. The van der Waals surface area contributed by atoms with Gasteiger partial charge in [0, 0.05) is 6.61 Å². The van der Waals surface area contributed by atoms with E-state index in [-0.39, 0.29) is 0 Å². The van der Waals surface area contributed by atoms with E-state index in [1.165, 1.54) is 64.2 Å². The molecule has 1 atom stereocenters. The van der Waals surface area contributed by atoms with E-state index in [2.05, 4.69) is 27.7 Å². The smallest absolute Gasteiger partial charge is 0.0547 e. The predicted molar refractivity (Wildman–Crippen MR) is 96.1 cm³/mol. The molecular formula is C21H40O. The van der Waals surface area contributed by atoms with Crippen molar-refractivity contribution in [2.24, 2.45) is 29.6 Å². The Morgan fingerprint density at radius 3 is 1.86 bits per heavy atom. The van der Waals surface area contributed by atoms with Crippen molar-refractivity contribution in [3.63, 3.8) is 0 Å². The first-order valence-electron chi connectivity index (χ1n) is 10.2. The lowest BCUT2D eigenvalue weighted by Crippen LogP contribution is -2.27. The summed E-state index contributed by atoms with van der Waals surface area (Å²) in [6, 6.07) is 0. The maximum atomic E-state index is 6.13. The van der Waals surface area contributed by atoms with Gasteiger partial charge in [-0.25, -0.2) is 0 Å². The van der Waals surface area contributed by atoms with Gasteiger partial charge < -0.3 is 4.74 Å². The fraction of sp³-hybridized carbons (Fsp3) is 1.00. The molecule has 0 radical (unpaired) electrons. The minimum atomic E-state index is 0.458. The second kappa shape index (κ2) is 9.30. The highest BCUT2D eigenvalue weighted by Gasteiger charge is 2.30. The van der Waals surface area contributed by atoms with Gasteiger partial charge in [0.05, 0.1) is 6.10 Å². The first-order chi connectivity index (χ1) is 10.5. The van der Waals surface area contributed by atoms with E-state index in [0.717, 1.165) is 36.2 Å². The summed E-state index contributed by atoms with van der Waals surface area (Å²) in [6.45, 7) is 10.3. The van der Waals surface area contributed by atoms with Crippen molar-refractivity contribution in [3.8, 4) is 0 Å². The monoisotopic (exact) mass is 308 g/mol. The lowest BCUT2D eigenvalue weighted by Gasteiger charge is -2.37. The summed E-state index contributed by atoms with van der Waals surface area (Å²) >= 11 is 0. The van der Waals surface area contributed by atoms with Gasteiger partial charge in [-0.15, -0.1) is 0 Å². The molecule has 0 aromatic carbocycles. The molecule has 0 aromatic heterocycles. The van der Waals surface area contributed by atoms with Crippen molar-refractivity contribution in [2.75, 3.05) is 6.61 Å². The zero-order valence-electron chi connectivity index (χ0n) is 15.7. The summed E-state index contributed by atoms with van der Waals surface area (Å²) in [6.07, 6.45) is 14.8. The normalized spacial score (nSPS) is 34.8. The highest BCUT2D eigenvalue weighted by molar-refractivity contribution is 4.81. The minimum Gasteiger partial charge on any atom is -0.378 e. The first-order valence-corrected chi connectivity index (χ1v) is 10.2. The summed E-state index contributed by atoms with van der Waals surface area (Å²) in [4.78, 5) is 0. The summed E-state index contributed by atoms with van der Waals surface area (Å²) < 4.78 is 6.13. The fourth-order valence-electron chi connectivity index (χ4n) is 4.54. The number of ether oxygens (including phenoxy) is 1. The number of rotatable bonds is 7. The molecule has 1 heteroatoms. The molecule has 22 heavy (non-hydrogen) atoms. The third-order valence-corrected chi connectivity index (χ3v) is 6.39. The van der Waals surface area contributed by atoms with Crippen LogP contribution >= 0.6 is 0 Å². The van der Waals surface area contributed by atoms with Crippen LogP contribution < -0.4 is 0 Å². The van der Waals surface area contributed by atoms with Gasteiger partial charge in [-0.2, -0.15) is 0 Å². The molecule has 0 amide bonds. The van der Waals surface area contributed by atoms with Gasteiger partial charge in [-0.3, -0.25) is 0 Å². The molecular weight excluding hydrogens is 268 g/mol. The van der Waals surface area contributed by atoms with E-state index in [1.807, 2.05) is 0 Å². The van der Waals surface area contributed by atoms with Crippen molar-refractivity contribution < 1.29 is 4.74 Å². The predicted octanol–water partition coefficient (Wildman–Crippen LogP) is 6.46. The van der Waals surface area contributed by atoms with Crippen molar-refractivity contribution >= 4 is 0 Å². The van der Waals surface area contributed by atoms with Crippen molar-refractivity contribution in [1.82, 2.24) is 0 Å². The number of hydrogen-bond acceptors (Lipinski definition) is 1. The molecule has 0 aliphatic heterocycles. The fourth-order valence-corrected chi connectivity index (χ4v) is 4.54. The second-order valence-electron chi connectivity index (χ2n) is 8.92. The molecule has 130 valence electrons. The summed E-state index contributed by atoms with van der Waals surface area (Å²) in [5, 5.41) is 0. The second-order valence-corrected chi connectivity index (χ2v) is 8.92. The third kappa shape index (κ3) is 6.22. The Morgan fingerprint density at radius 1 is 0.773 bits per heavy atom. The van der Waals surface area contributed by atoms with E-state index in [4.69, 9.17) is 4.74 Å². The quantitative estimate of drug-likeness (QED) is 0.524. The Bertz CT molecular complexity index is 282. The van der Waals surface area contributed by atoms with Crippen LogP contribution in [0.5, 0.6) is 0 Å². The summed E-state index contributed by atoms with van der Waals surface area (Å²) in [7, 11) is 0. The van der Waals surface area contributed by atoms with Crippen LogP contribution in [0.25, 0.3) is 0 Å². The Hall–Kier alpha value is -0.0400. The maximum Gasteiger partial charge on any atom is 0.0547 e. The van der Waals surface area contributed by atoms with Crippen LogP contribution in [-0.4, -0.2) is 12.7 Å². The zero-order valence-corrected chi connectivity index (χ0v) is 15.7. The third-order valence-electron chi connectivity index (χ3n) is 6.39. The highest BCUT2D eigenvalue weighted by atomic mass is 16.5. The molecule has 2 rings (SSSR count). The molecule has 2 aliphatic rings. The van der Waals surface area contributed by atoms with Crippen LogP contribution in [0, 0.1) is 29.6 Å². The van der Waals surface area contributed by atoms with Gasteiger partial charge in [-0.1, -0.05) is 33.6 Å². The van der Waals surface area contributed by atoms with Gasteiger partial charge in [0.2, 0.25) is 0 Å². The van der Waals surface area contributed by atoms with E-state index < -0.39 is 0 Å². The summed E-state index contributed by atoms with van der Waals surface area (Å²) in [5.74, 6) is 4.75. The first kappa shape index (κ1) is 18.3. The van der Waals surface area contributed by atoms with Gasteiger partial charge >= 0.3 is 0 Å². The highest BCUT2D eigenvalue weighted by Crippen LogP contribution is 2.41. The van der Waals surface area contributed by atoms with Gasteiger partial charge in [-0.05, 0) is 87.9 Å². The molecule has 2 saturated carbocycles. The molecule has 2 fully saturated rings. The van der Waals surface area contributed by atoms with Crippen LogP contribution in [-0.2, 0) is 4.74 Å². The largest absolute Gasteiger partial charge is 0.378 e. The van der Waals surface area contributed by atoms with Crippen LogP contribution in [0.2, 0.25) is 0 Å². The topological polar surface area (TPSA) is 9.23 Å². The maximum absolute atomic E-state index is 6.13. The SMILES string of the molecule is CC(C)CCC(C)OCC1CCC(C2CCC(C)CC2)CC1. The average molecular weight is 309 g/mol. The molecule has 1 unspecified atom stereocenters. The van der Waals surface area contributed by atoms with Crippen LogP contribution in [0.4, 0.5) is 0 Å². The molecule has 0 heterocycles. The average Bonchev–Trinajstić information content (AvgIpc) is 2.52. The Morgan fingerprint density at radius 2 is 1.32 bits per heavy atom. The molecule has 2 aliphatic carbocycles. The standard InChI is InChI=1S/C21H40O/c1-16(2)5-8-18(4)22-15-19-9-13-21(14-10-19)20-11-6-17(3)7-12-20/h16-21H,5-15H2,1-4H3. The molecule has 0 saturated heterocycles. The Balaban J connectivity index is 1.59. The van der Waals surface area contributed by atoms with Crippen molar-refractivity contribution in [3.05, 3.63) is 0 Å². The molecule has 1 nitrogen and oxygen atoms in total. The lowest BCUT2D eigenvalue weighted by molar-refractivity contribution is 0.0154. The van der Waals surface area contributed by atoms with Gasteiger partial charge in [0.1, 0.15) is 0 Å². The molecule has 0 bridgehead atoms. The molecule has 0 N–H and O–H groups in total. The Labute approximate surface area is 139 Å². The zero-order chi connectivity index (χ0) is 15.9. The number of hydrogen-bond donors (Lipinski definition) is 0. The van der Waals surface area contributed by atoms with E-state index >= 15 is 0 Å². The van der Waals surface area contributed by atoms with Crippen molar-refractivity contribution in [2.45, 2.75) is 98.0 Å².